The third kappa shape index (κ3) is 6.50. The van der Waals surface area contributed by atoms with Crippen LogP contribution >= 0.6 is 0 Å². The second-order valence-corrected chi connectivity index (χ2v) is 11.6. The van der Waals surface area contributed by atoms with Gasteiger partial charge in [0, 0.05) is 43.4 Å². The van der Waals surface area contributed by atoms with E-state index >= 15 is 0 Å². The quantitative estimate of drug-likeness (QED) is 0.399. The SMILES string of the molecule is CCCCN(CCCN)C(=O)CN1CC(c2ccc3c(c2)CCO3)C(C(=O)O)C1CC(C)(C)C1OCCO1. The second-order valence-electron chi connectivity index (χ2n) is 11.6. The van der Waals surface area contributed by atoms with Crippen LogP contribution in [-0.4, -0.2) is 91.7 Å². The first kappa shape index (κ1) is 28.8. The molecular formula is C29H45N3O6. The highest BCUT2D eigenvalue weighted by atomic mass is 16.7. The molecule has 0 radical (unpaired) electrons. The van der Waals surface area contributed by atoms with Gasteiger partial charge < -0.3 is 30.0 Å². The molecule has 3 heterocycles. The summed E-state index contributed by atoms with van der Waals surface area (Å²) in [5.41, 5.74) is 7.45. The molecule has 4 rings (SSSR count). The minimum absolute atomic E-state index is 0.0372. The van der Waals surface area contributed by atoms with E-state index in [0.717, 1.165) is 42.6 Å². The molecule has 0 saturated carbocycles. The highest BCUT2D eigenvalue weighted by molar-refractivity contribution is 5.79. The van der Waals surface area contributed by atoms with E-state index in [0.29, 0.717) is 52.4 Å². The average Bonchev–Trinajstić information content (AvgIpc) is 3.64. The highest BCUT2D eigenvalue weighted by Gasteiger charge is 2.50. The van der Waals surface area contributed by atoms with Crippen molar-refractivity contribution in [3.63, 3.8) is 0 Å². The van der Waals surface area contributed by atoms with E-state index < -0.39 is 23.6 Å². The highest BCUT2D eigenvalue weighted by Crippen LogP contribution is 2.45. The third-order valence-corrected chi connectivity index (χ3v) is 8.27. The lowest BCUT2D eigenvalue weighted by Crippen LogP contribution is -2.47. The van der Waals surface area contributed by atoms with Crippen LogP contribution in [0.2, 0.25) is 0 Å². The van der Waals surface area contributed by atoms with Gasteiger partial charge in [-0.2, -0.15) is 0 Å². The molecule has 3 atom stereocenters. The molecule has 2 fully saturated rings. The van der Waals surface area contributed by atoms with Crippen LogP contribution in [0.5, 0.6) is 5.75 Å². The molecule has 3 aliphatic rings. The van der Waals surface area contributed by atoms with Crippen molar-refractivity contribution >= 4 is 11.9 Å². The number of ether oxygens (including phenoxy) is 3. The van der Waals surface area contributed by atoms with Gasteiger partial charge in [-0.3, -0.25) is 14.5 Å². The third-order valence-electron chi connectivity index (χ3n) is 8.27. The molecule has 212 valence electrons. The normalized spacial score (nSPS) is 23.9. The summed E-state index contributed by atoms with van der Waals surface area (Å²) in [5, 5.41) is 10.5. The summed E-state index contributed by atoms with van der Waals surface area (Å²) in [6, 6.07) is 5.73. The fourth-order valence-electron chi connectivity index (χ4n) is 6.23. The van der Waals surface area contributed by atoms with Crippen molar-refractivity contribution < 1.29 is 28.9 Å². The monoisotopic (exact) mass is 531 g/mol. The van der Waals surface area contributed by atoms with Crippen molar-refractivity contribution in [3.8, 4) is 5.75 Å². The smallest absolute Gasteiger partial charge is 0.308 e. The molecule has 9 nitrogen and oxygen atoms in total. The van der Waals surface area contributed by atoms with Gasteiger partial charge in [-0.25, -0.2) is 0 Å². The van der Waals surface area contributed by atoms with E-state index in [1.54, 1.807) is 0 Å². The zero-order chi connectivity index (χ0) is 27.3. The summed E-state index contributed by atoms with van der Waals surface area (Å²) in [6.45, 7) is 10.5. The largest absolute Gasteiger partial charge is 0.493 e. The van der Waals surface area contributed by atoms with Gasteiger partial charge >= 0.3 is 5.97 Å². The Morgan fingerprint density at radius 2 is 1.89 bits per heavy atom. The number of nitrogens with two attached hydrogens (primary N) is 1. The number of amides is 1. The number of carbonyl (C=O) groups excluding carboxylic acids is 1. The summed E-state index contributed by atoms with van der Waals surface area (Å²) in [5.74, 6) is -0.801. The molecule has 0 aromatic heterocycles. The Hall–Kier alpha value is -2.20. The summed E-state index contributed by atoms with van der Waals surface area (Å²) in [7, 11) is 0. The zero-order valence-electron chi connectivity index (χ0n) is 23.2. The maximum Gasteiger partial charge on any atom is 0.308 e. The number of rotatable bonds is 13. The van der Waals surface area contributed by atoms with Gasteiger partial charge in [0.2, 0.25) is 5.91 Å². The first-order valence-corrected chi connectivity index (χ1v) is 14.2. The molecule has 3 aliphatic heterocycles. The van der Waals surface area contributed by atoms with Crippen LogP contribution in [0.1, 0.15) is 63.5 Å². The molecule has 38 heavy (non-hydrogen) atoms. The summed E-state index contributed by atoms with van der Waals surface area (Å²) < 4.78 is 17.4. The van der Waals surface area contributed by atoms with Crippen LogP contribution in [0.25, 0.3) is 0 Å². The van der Waals surface area contributed by atoms with Crippen molar-refractivity contribution in [2.75, 3.05) is 52.5 Å². The maximum atomic E-state index is 13.6. The van der Waals surface area contributed by atoms with Crippen molar-refractivity contribution in [2.24, 2.45) is 17.1 Å². The van der Waals surface area contributed by atoms with Gasteiger partial charge in [0.1, 0.15) is 5.75 Å². The Balaban J connectivity index is 1.62. The zero-order valence-corrected chi connectivity index (χ0v) is 23.2. The van der Waals surface area contributed by atoms with Crippen molar-refractivity contribution in [3.05, 3.63) is 29.3 Å². The minimum Gasteiger partial charge on any atom is -0.493 e. The van der Waals surface area contributed by atoms with E-state index in [-0.39, 0.29) is 24.4 Å². The molecule has 3 unspecified atom stereocenters. The fraction of sp³-hybridized carbons (Fsp3) is 0.724. The predicted octanol–water partition coefficient (Wildman–Crippen LogP) is 2.86. The van der Waals surface area contributed by atoms with Crippen LogP contribution in [0.3, 0.4) is 0 Å². The van der Waals surface area contributed by atoms with E-state index in [1.165, 1.54) is 0 Å². The van der Waals surface area contributed by atoms with E-state index in [2.05, 4.69) is 31.7 Å². The number of carbonyl (C=O) groups is 2. The molecule has 1 amide bonds. The van der Waals surface area contributed by atoms with Crippen LogP contribution in [0.4, 0.5) is 0 Å². The van der Waals surface area contributed by atoms with Crippen molar-refractivity contribution in [1.82, 2.24) is 9.80 Å². The van der Waals surface area contributed by atoms with Gasteiger partial charge in [-0.1, -0.05) is 39.3 Å². The fourth-order valence-corrected chi connectivity index (χ4v) is 6.23. The first-order valence-electron chi connectivity index (χ1n) is 14.2. The molecule has 0 spiro atoms. The number of likely N-dealkylation sites (tertiary alicyclic amines) is 1. The summed E-state index contributed by atoms with van der Waals surface area (Å²) >= 11 is 0. The van der Waals surface area contributed by atoms with Gasteiger partial charge in [-0.05, 0) is 43.0 Å². The molecule has 3 N–H and O–H groups in total. The molecular weight excluding hydrogens is 486 g/mol. The van der Waals surface area contributed by atoms with Crippen molar-refractivity contribution in [2.45, 2.75) is 71.1 Å². The summed E-state index contributed by atoms with van der Waals surface area (Å²) in [6.07, 6.45) is 3.66. The lowest BCUT2D eigenvalue weighted by Gasteiger charge is -2.37. The Labute approximate surface area is 226 Å². The Bertz CT molecular complexity index is 956. The van der Waals surface area contributed by atoms with Gasteiger partial charge in [-0.15, -0.1) is 0 Å². The molecule has 0 aliphatic carbocycles. The first-order chi connectivity index (χ1) is 18.2. The van der Waals surface area contributed by atoms with Crippen LogP contribution in [-0.2, 0) is 25.5 Å². The average molecular weight is 532 g/mol. The number of unbranched alkanes of at least 4 members (excludes halogenated alkanes) is 1. The Kier molecular flexibility index (Phi) is 9.68. The van der Waals surface area contributed by atoms with Gasteiger partial charge in [0.05, 0.1) is 32.3 Å². The van der Waals surface area contributed by atoms with Crippen LogP contribution in [0, 0.1) is 11.3 Å². The van der Waals surface area contributed by atoms with Crippen molar-refractivity contribution in [1.29, 1.82) is 0 Å². The number of hydrogen-bond acceptors (Lipinski definition) is 7. The van der Waals surface area contributed by atoms with E-state index in [4.69, 9.17) is 19.9 Å². The van der Waals surface area contributed by atoms with Crippen LogP contribution in [0.15, 0.2) is 18.2 Å². The lowest BCUT2D eigenvalue weighted by molar-refractivity contribution is -0.148. The minimum atomic E-state index is -0.832. The standard InChI is InChI=1S/C29H45N3O6/c1-4-5-11-31(12-6-10-30)25(33)19-32-18-22(20-7-8-24-21(16-20)9-13-36-24)26(27(34)35)23(32)17-29(2,3)28-37-14-15-38-28/h7-8,16,22-23,26,28H,4-6,9-15,17-19,30H2,1-3H3,(H,34,35). The topological polar surface area (TPSA) is 115 Å². The Morgan fingerprint density at radius 3 is 2.58 bits per heavy atom. The number of nitrogens with zero attached hydrogens (tertiary/aromatic N) is 2. The molecule has 0 bridgehead atoms. The molecule has 1 aromatic rings. The maximum absolute atomic E-state index is 13.6. The number of hydrogen-bond donors (Lipinski definition) is 2. The van der Waals surface area contributed by atoms with Crippen LogP contribution < -0.4 is 10.5 Å². The van der Waals surface area contributed by atoms with Gasteiger partial charge in [0.25, 0.3) is 0 Å². The molecule has 2 saturated heterocycles. The van der Waals surface area contributed by atoms with E-state index in [9.17, 15) is 14.7 Å². The van der Waals surface area contributed by atoms with Gasteiger partial charge in [0.15, 0.2) is 6.29 Å². The second kappa shape index (κ2) is 12.8. The molecule has 9 heteroatoms. The molecule has 1 aromatic carbocycles. The number of carboxylic acids is 1. The predicted molar refractivity (Wildman–Crippen MR) is 144 cm³/mol. The summed E-state index contributed by atoms with van der Waals surface area (Å²) in [4.78, 5) is 30.4. The number of carboxylic acid groups (broad SMARTS) is 1. The number of benzene rings is 1. The van der Waals surface area contributed by atoms with E-state index in [1.807, 2.05) is 17.0 Å². The number of fused-ring (bicyclic) bond motifs is 1. The lowest BCUT2D eigenvalue weighted by atomic mass is 9.77. The Morgan fingerprint density at radius 1 is 1.16 bits per heavy atom. The number of aliphatic carboxylic acids is 1.